The summed E-state index contributed by atoms with van der Waals surface area (Å²) in [4.78, 5) is 30.3. The maximum Gasteiger partial charge on any atom is 0.240 e. The standard InChI is InChI=1S/C35H35F2N3O5/c1-3-4-5-6-7-8-19-44-32-22-28-26(21-31(32)43-2)29(15-18-38-28)45-30-14-13-25(20-27(30)37)40-34(42)35(16-17-35)33(41)39-24-11-9-23(36)10-12-24/h3,9-15,18,20-22H,1,4-8,16-17,19H2,2H3,(H,39,41)(H,40,42). The predicted molar refractivity (Wildman–Crippen MR) is 169 cm³/mol. The van der Waals surface area contributed by atoms with Gasteiger partial charge in [-0.1, -0.05) is 18.9 Å². The Balaban J connectivity index is 1.23. The Morgan fingerprint density at radius 3 is 2.27 bits per heavy atom. The molecule has 0 saturated heterocycles. The molecule has 2 amide bonds. The summed E-state index contributed by atoms with van der Waals surface area (Å²) >= 11 is 0. The maximum atomic E-state index is 15.2. The monoisotopic (exact) mass is 615 g/mol. The number of benzene rings is 3. The van der Waals surface area contributed by atoms with Crippen LogP contribution in [0.4, 0.5) is 20.2 Å². The van der Waals surface area contributed by atoms with Crippen LogP contribution in [0.3, 0.4) is 0 Å². The number of rotatable bonds is 15. The average Bonchev–Trinajstić information content (AvgIpc) is 3.85. The highest BCUT2D eigenvalue weighted by Gasteiger charge is 2.56. The van der Waals surface area contributed by atoms with Gasteiger partial charge in [0.25, 0.3) is 0 Å². The van der Waals surface area contributed by atoms with E-state index in [1.807, 2.05) is 6.08 Å². The Morgan fingerprint density at radius 2 is 1.58 bits per heavy atom. The molecular weight excluding hydrogens is 580 g/mol. The second-order valence-corrected chi connectivity index (χ2v) is 10.9. The highest BCUT2D eigenvalue weighted by molar-refractivity contribution is 6.16. The maximum absolute atomic E-state index is 15.2. The predicted octanol–water partition coefficient (Wildman–Crippen LogP) is 8.19. The molecule has 0 aliphatic heterocycles. The number of pyridine rings is 1. The van der Waals surface area contributed by atoms with Gasteiger partial charge in [0, 0.05) is 35.1 Å². The lowest BCUT2D eigenvalue weighted by Crippen LogP contribution is -2.35. The van der Waals surface area contributed by atoms with Gasteiger partial charge in [0.15, 0.2) is 23.1 Å². The summed E-state index contributed by atoms with van der Waals surface area (Å²) in [5.74, 6) is -0.835. The van der Waals surface area contributed by atoms with E-state index in [-0.39, 0.29) is 11.4 Å². The third-order valence-corrected chi connectivity index (χ3v) is 7.68. The summed E-state index contributed by atoms with van der Waals surface area (Å²) in [7, 11) is 1.55. The molecular formula is C35H35F2N3O5. The Kier molecular flexibility index (Phi) is 9.92. The van der Waals surface area contributed by atoms with E-state index in [0.717, 1.165) is 38.2 Å². The molecule has 0 spiro atoms. The Labute approximate surface area is 260 Å². The summed E-state index contributed by atoms with van der Waals surface area (Å²) in [6, 6.07) is 14.4. The number of methoxy groups -OCH3 is 1. The van der Waals surface area contributed by atoms with Crippen LogP contribution in [-0.2, 0) is 9.59 Å². The lowest BCUT2D eigenvalue weighted by Gasteiger charge is -2.16. The highest BCUT2D eigenvalue weighted by Crippen LogP contribution is 2.47. The van der Waals surface area contributed by atoms with Gasteiger partial charge >= 0.3 is 0 Å². The van der Waals surface area contributed by atoms with Crippen molar-refractivity contribution in [3.05, 3.63) is 91.1 Å². The Hall–Kier alpha value is -4.99. The van der Waals surface area contributed by atoms with E-state index in [0.29, 0.717) is 53.3 Å². The number of allylic oxidation sites excluding steroid dienone is 1. The van der Waals surface area contributed by atoms with Crippen LogP contribution in [0.5, 0.6) is 23.0 Å². The normalized spacial score (nSPS) is 13.1. The van der Waals surface area contributed by atoms with Gasteiger partial charge in [-0.25, -0.2) is 8.78 Å². The number of halogens is 2. The van der Waals surface area contributed by atoms with Crippen molar-refractivity contribution in [3.8, 4) is 23.0 Å². The van der Waals surface area contributed by atoms with E-state index < -0.39 is 28.9 Å². The van der Waals surface area contributed by atoms with Crippen molar-refractivity contribution in [1.29, 1.82) is 0 Å². The number of anilines is 2. The molecule has 4 aromatic rings. The lowest BCUT2D eigenvalue weighted by atomic mass is 10.0. The van der Waals surface area contributed by atoms with Gasteiger partial charge in [-0.05, 0) is 80.6 Å². The molecule has 3 aromatic carbocycles. The van der Waals surface area contributed by atoms with E-state index in [1.165, 1.54) is 36.4 Å². The molecule has 0 atom stereocenters. The molecule has 1 saturated carbocycles. The van der Waals surface area contributed by atoms with E-state index in [2.05, 4.69) is 22.2 Å². The van der Waals surface area contributed by atoms with E-state index in [9.17, 15) is 14.0 Å². The molecule has 1 heterocycles. The SMILES string of the molecule is C=CCCCCCCOc1cc2nccc(Oc3ccc(NC(=O)C4(C(=O)Nc5ccc(F)cc5)CC4)cc3F)c2cc1OC. The van der Waals surface area contributed by atoms with Gasteiger partial charge in [0.1, 0.15) is 17.0 Å². The Bertz CT molecular complexity index is 1690. The highest BCUT2D eigenvalue weighted by atomic mass is 19.1. The molecule has 0 bridgehead atoms. The van der Waals surface area contributed by atoms with E-state index in [1.54, 1.807) is 31.5 Å². The van der Waals surface area contributed by atoms with Gasteiger partial charge in [0.05, 0.1) is 19.2 Å². The van der Waals surface area contributed by atoms with Crippen LogP contribution in [0.15, 0.2) is 79.5 Å². The summed E-state index contributed by atoms with van der Waals surface area (Å²) in [6.07, 6.45) is 9.40. The molecule has 1 aromatic heterocycles. The summed E-state index contributed by atoms with van der Waals surface area (Å²) in [5, 5.41) is 5.89. The fraction of sp³-hybridized carbons (Fsp3) is 0.286. The first-order valence-corrected chi connectivity index (χ1v) is 14.9. The first kappa shape index (κ1) is 31.4. The first-order valence-electron chi connectivity index (χ1n) is 14.9. The molecule has 234 valence electrons. The molecule has 1 fully saturated rings. The van der Waals surface area contributed by atoms with Crippen LogP contribution in [0.2, 0.25) is 0 Å². The molecule has 1 aliphatic rings. The number of carbonyl (C=O) groups is 2. The second kappa shape index (κ2) is 14.2. The zero-order valence-electron chi connectivity index (χ0n) is 25.0. The molecule has 0 unspecified atom stereocenters. The topological polar surface area (TPSA) is 98.8 Å². The smallest absolute Gasteiger partial charge is 0.240 e. The fourth-order valence-corrected chi connectivity index (χ4v) is 4.91. The molecule has 8 nitrogen and oxygen atoms in total. The van der Waals surface area contributed by atoms with Crippen molar-refractivity contribution in [1.82, 2.24) is 4.98 Å². The zero-order chi connectivity index (χ0) is 31.8. The number of amides is 2. The number of fused-ring (bicyclic) bond motifs is 1. The van der Waals surface area contributed by atoms with Crippen LogP contribution >= 0.6 is 0 Å². The minimum absolute atomic E-state index is 0.0635. The first-order chi connectivity index (χ1) is 21.8. The van der Waals surface area contributed by atoms with Crippen molar-refractivity contribution < 1.29 is 32.6 Å². The largest absolute Gasteiger partial charge is 0.493 e. The number of unbranched alkanes of at least 4 members (excludes halogenated alkanes) is 4. The van der Waals surface area contributed by atoms with Crippen molar-refractivity contribution in [2.75, 3.05) is 24.4 Å². The van der Waals surface area contributed by atoms with Crippen LogP contribution in [-0.4, -0.2) is 30.5 Å². The number of carbonyl (C=O) groups excluding carboxylic acids is 2. The number of hydrogen-bond acceptors (Lipinski definition) is 6. The van der Waals surface area contributed by atoms with Crippen molar-refractivity contribution in [3.63, 3.8) is 0 Å². The van der Waals surface area contributed by atoms with Crippen LogP contribution < -0.4 is 24.8 Å². The molecule has 10 heteroatoms. The van der Waals surface area contributed by atoms with Gasteiger partial charge in [0.2, 0.25) is 11.8 Å². The van der Waals surface area contributed by atoms with Gasteiger partial charge < -0.3 is 24.8 Å². The van der Waals surface area contributed by atoms with Crippen molar-refractivity contribution >= 4 is 34.1 Å². The second-order valence-electron chi connectivity index (χ2n) is 10.9. The minimum atomic E-state index is -1.27. The van der Waals surface area contributed by atoms with Crippen molar-refractivity contribution in [2.45, 2.75) is 44.9 Å². The number of ether oxygens (including phenoxy) is 3. The minimum Gasteiger partial charge on any atom is -0.493 e. The van der Waals surface area contributed by atoms with E-state index in [4.69, 9.17) is 14.2 Å². The van der Waals surface area contributed by atoms with Gasteiger partial charge in [-0.3, -0.25) is 14.6 Å². The third-order valence-electron chi connectivity index (χ3n) is 7.68. The Morgan fingerprint density at radius 1 is 0.867 bits per heavy atom. The summed E-state index contributed by atoms with van der Waals surface area (Å²) in [5.41, 5.74) is -0.131. The number of nitrogens with zero attached hydrogens (tertiary/aromatic N) is 1. The molecule has 0 radical (unpaired) electrons. The molecule has 2 N–H and O–H groups in total. The van der Waals surface area contributed by atoms with E-state index >= 15 is 4.39 Å². The zero-order valence-corrected chi connectivity index (χ0v) is 25.0. The lowest BCUT2D eigenvalue weighted by molar-refractivity contribution is -0.131. The number of hydrogen-bond donors (Lipinski definition) is 2. The van der Waals surface area contributed by atoms with Crippen molar-refractivity contribution in [2.24, 2.45) is 5.41 Å². The van der Waals surface area contributed by atoms with Crippen LogP contribution in [0, 0.1) is 17.0 Å². The van der Waals surface area contributed by atoms with Gasteiger partial charge in [-0.2, -0.15) is 0 Å². The summed E-state index contributed by atoms with van der Waals surface area (Å²) < 4.78 is 45.9. The summed E-state index contributed by atoms with van der Waals surface area (Å²) in [6.45, 7) is 4.29. The van der Waals surface area contributed by atoms with Crippen LogP contribution in [0.25, 0.3) is 10.9 Å². The molecule has 1 aliphatic carbocycles. The number of nitrogens with one attached hydrogen (secondary N) is 2. The fourth-order valence-electron chi connectivity index (χ4n) is 4.91. The number of aromatic nitrogens is 1. The third kappa shape index (κ3) is 7.57. The van der Waals surface area contributed by atoms with Crippen LogP contribution in [0.1, 0.15) is 44.9 Å². The quantitative estimate of drug-likeness (QED) is 0.0795. The average molecular weight is 616 g/mol. The molecule has 5 rings (SSSR count). The van der Waals surface area contributed by atoms with Gasteiger partial charge in [-0.15, -0.1) is 6.58 Å². The molecule has 45 heavy (non-hydrogen) atoms.